The monoisotopic (exact) mass is 278 g/mol. The number of carbonyl (C=O) groups excluding carboxylic acids is 1. The molecule has 112 valence electrons. The summed E-state index contributed by atoms with van der Waals surface area (Å²) in [5, 5.41) is 0. The second kappa shape index (κ2) is 7.93. The van der Waals surface area contributed by atoms with Crippen LogP contribution in [0.25, 0.3) is 0 Å². The lowest BCUT2D eigenvalue weighted by Crippen LogP contribution is -2.24. The fourth-order valence-corrected chi connectivity index (χ4v) is 1.71. The first kappa shape index (κ1) is 16.5. The summed E-state index contributed by atoms with van der Waals surface area (Å²) in [4.78, 5) is 11.4. The molecule has 0 N–H and O–H groups in total. The van der Waals surface area contributed by atoms with Gasteiger partial charge in [-0.25, -0.2) is 0 Å². The highest BCUT2D eigenvalue weighted by Gasteiger charge is 2.13. The van der Waals surface area contributed by atoms with E-state index in [0.717, 1.165) is 12.2 Å². The molecule has 0 radical (unpaired) electrons. The van der Waals surface area contributed by atoms with E-state index in [2.05, 4.69) is 26.0 Å². The van der Waals surface area contributed by atoms with E-state index in [4.69, 9.17) is 9.47 Å². The van der Waals surface area contributed by atoms with Gasteiger partial charge in [0.05, 0.1) is 5.92 Å². The lowest BCUT2D eigenvalue weighted by atomic mass is 9.99. The third kappa shape index (κ3) is 5.24. The van der Waals surface area contributed by atoms with Crippen molar-refractivity contribution in [2.45, 2.75) is 53.1 Å². The minimum absolute atomic E-state index is 0.104. The number of hydrogen-bond acceptors (Lipinski definition) is 3. The van der Waals surface area contributed by atoms with Crippen LogP contribution < -0.4 is 4.74 Å². The molecule has 0 aliphatic heterocycles. The van der Waals surface area contributed by atoms with Crippen LogP contribution in [0.3, 0.4) is 0 Å². The Hall–Kier alpha value is -1.51. The van der Waals surface area contributed by atoms with E-state index in [1.54, 1.807) is 0 Å². The van der Waals surface area contributed by atoms with Gasteiger partial charge in [0.25, 0.3) is 0 Å². The number of carbonyl (C=O) groups is 1. The molecule has 20 heavy (non-hydrogen) atoms. The first-order chi connectivity index (χ1) is 9.43. The van der Waals surface area contributed by atoms with Crippen LogP contribution in [0.2, 0.25) is 0 Å². The van der Waals surface area contributed by atoms with E-state index in [0.29, 0.717) is 12.5 Å². The Morgan fingerprint density at radius 2 is 1.70 bits per heavy atom. The van der Waals surface area contributed by atoms with Crippen molar-refractivity contribution in [1.82, 2.24) is 0 Å². The molecule has 0 aliphatic rings. The van der Waals surface area contributed by atoms with Gasteiger partial charge in [-0.05, 0) is 37.0 Å². The normalized spacial score (nSPS) is 13.9. The molecule has 2 atom stereocenters. The van der Waals surface area contributed by atoms with Crippen molar-refractivity contribution < 1.29 is 14.3 Å². The van der Waals surface area contributed by atoms with Gasteiger partial charge in [-0.2, -0.15) is 0 Å². The fourth-order valence-electron chi connectivity index (χ4n) is 1.71. The number of esters is 1. The van der Waals surface area contributed by atoms with Crippen molar-refractivity contribution in [3.63, 3.8) is 0 Å². The molecule has 3 heteroatoms. The van der Waals surface area contributed by atoms with Crippen LogP contribution >= 0.6 is 0 Å². The summed E-state index contributed by atoms with van der Waals surface area (Å²) >= 11 is 0. The van der Waals surface area contributed by atoms with Crippen molar-refractivity contribution >= 4 is 5.97 Å². The Kier molecular flexibility index (Phi) is 6.56. The van der Waals surface area contributed by atoms with E-state index in [1.165, 1.54) is 5.56 Å². The summed E-state index contributed by atoms with van der Waals surface area (Å²) in [5.74, 6) is 1.08. The quantitative estimate of drug-likeness (QED) is 0.702. The molecule has 0 aromatic heterocycles. The topological polar surface area (TPSA) is 35.5 Å². The average Bonchev–Trinajstić information content (AvgIpc) is 2.44. The van der Waals surface area contributed by atoms with Gasteiger partial charge < -0.3 is 9.47 Å². The lowest BCUT2D eigenvalue weighted by molar-refractivity contribution is -0.153. The Bertz CT molecular complexity index is 409. The molecule has 0 saturated heterocycles. The van der Waals surface area contributed by atoms with Crippen molar-refractivity contribution in [3.8, 4) is 5.75 Å². The number of benzene rings is 1. The van der Waals surface area contributed by atoms with Crippen LogP contribution in [0.4, 0.5) is 0 Å². The Labute approximate surface area is 122 Å². The summed E-state index contributed by atoms with van der Waals surface area (Å²) in [7, 11) is 0. The summed E-state index contributed by atoms with van der Waals surface area (Å²) in [5.41, 5.74) is 1.32. The Balaban J connectivity index is 2.43. The van der Waals surface area contributed by atoms with E-state index < -0.39 is 0 Å². The largest absolute Gasteiger partial charge is 0.490 e. The van der Waals surface area contributed by atoms with Crippen LogP contribution in [0.1, 0.15) is 52.5 Å². The smallest absolute Gasteiger partial charge is 0.308 e. The third-order valence-electron chi connectivity index (χ3n) is 3.33. The fraction of sp³-hybridized carbons (Fsp3) is 0.588. The molecule has 1 aromatic rings. The summed E-state index contributed by atoms with van der Waals surface area (Å²) in [6.07, 6.45) is 0.890. The molecule has 0 spiro atoms. The van der Waals surface area contributed by atoms with Crippen LogP contribution in [0, 0.1) is 5.92 Å². The standard InChI is InChI=1S/C17H26O3/c1-6-13(4)15-7-9-16(10-8-15)19-11-14(5)20-17(18)12(2)3/h7-10,12-14H,6,11H2,1-5H3/t13-,14+/m1/s1. The maximum Gasteiger partial charge on any atom is 0.308 e. The van der Waals surface area contributed by atoms with Crippen LogP contribution in [-0.4, -0.2) is 18.7 Å². The van der Waals surface area contributed by atoms with Crippen molar-refractivity contribution in [2.24, 2.45) is 5.92 Å². The molecule has 0 bridgehead atoms. The molecule has 1 aromatic carbocycles. The molecule has 0 fully saturated rings. The molecule has 0 amide bonds. The van der Waals surface area contributed by atoms with Gasteiger partial charge in [-0.15, -0.1) is 0 Å². The van der Waals surface area contributed by atoms with Gasteiger partial charge in [0.2, 0.25) is 0 Å². The zero-order chi connectivity index (χ0) is 15.1. The molecule has 3 nitrogen and oxygen atoms in total. The molecule has 0 aliphatic carbocycles. The second-order valence-electron chi connectivity index (χ2n) is 5.59. The first-order valence-electron chi connectivity index (χ1n) is 7.37. The average molecular weight is 278 g/mol. The zero-order valence-electron chi connectivity index (χ0n) is 13.2. The summed E-state index contributed by atoms with van der Waals surface area (Å²) in [6.45, 7) is 10.3. The number of rotatable bonds is 7. The molecule has 0 unspecified atom stereocenters. The molecular formula is C17H26O3. The first-order valence-corrected chi connectivity index (χ1v) is 7.37. The predicted molar refractivity (Wildman–Crippen MR) is 81.0 cm³/mol. The molecule has 1 rings (SSSR count). The van der Waals surface area contributed by atoms with Crippen molar-refractivity contribution in [3.05, 3.63) is 29.8 Å². The summed E-state index contributed by atoms with van der Waals surface area (Å²) in [6, 6.07) is 8.12. The van der Waals surface area contributed by atoms with E-state index >= 15 is 0 Å². The van der Waals surface area contributed by atoms with Gasteiger partial charge in [-0.3, -0.25) is 4.79 Å². The van der Waals surface area contributed by atoms with Crippen molar-refractivity contribution in [2.75, 3.05) is 6.61 Å². The third-order valence-corrected chi connectivity index (χ3v) is 3.33. The predicted octanol–water partition coefficient (Wildman–Crippen LogP) is 4.17. The Morgan fingerprint density at radius 3 is 2.20 bits per heavy atom. The summed E-state index contributed by atoms with van der Waals surface area (Å²) < 4.78 is 10.9. The second-order valence-corrected chi connectivity index (χ2v) is 5.59. The van der Waals surface area contributed by atoms with Crippen LogP contribution in [0.5, 0.6) is 5.75 Å². The maximum absolute atomic E-state index is 11.4. The minimum Gasteiger partial charge on any atom is -0.490 e. The minimum atomic E-state index is -0.237. The van der Waals surface area contributed by atoms with Gasteiger partial charge in [0.1, 0.15) is 18.5 Å². The van der Waals surface area contributed by atoms with Gasteiger partial charge in [0.15, 0.2) is 0 Å². The Morgan fingerprint density at radius 1 is 1.10 bits per heavy atom. The highest BCUT2D eigenvalue weighted by molar-refractivity contribution is 5.71. The molecule has 0 heterocycles. The molecular weight excluding hydrogens is 252 g/mol. The maximum atomic E-state index is 11.4. The SMILES string of the molecule is CC[C@@H](C)c1ccc(OC[C@H](C)OC(=O)C(C)C)cc1. The van der Waals surface area contributed by atoms with E-state index in [1.807, 2.05) is 32.9 Å². The zero-order valence-corrected chi connectivity index (χ0v) is 13.2. The van der Waals surface area contributed by atoms with E-state index in [9.17, 15) is 4.79 Å². The highest BCUT2D eigenvalue weighted by atomic mass is 16.6. The highest BCUT2D eigenvalue weighted by Crippen LogP contribution is 2.21. The lowest BCUT2D eigenvalue weighted by Gasteiger charge is -2.16. The number of ether oxygens (including phenoxy) is 2. The van der Waals surface area contributed by atoms with E-state index in [-0.39, 0.29) is 18.0 Å². The van der Waals surface area contributed by atoms with Gasteiger partial charge in [-0.1, -0.05) is 39.8 Å². The van der Waals surface area contributed by atoms with Gasteiger partial charge >= 0.3 is 5.97 Å². The van der Waals surface area contributed by atoms with Gasteiger partial charge in [0, 0.05) is 0 Å². The van der Waals surface area contributed by atoms with Crippen molar-refractivity contribution in [1.29, 1.82) is 0 Å². The molecule has 0 saturated carbocycles. The van der Waals surface area contributed by atoms with Crippen LogP contribution in [-0.2, 0) is 9.53 Å². The van der Waals surface area contributed by atoms with Crippen LogP contribution in [0.15, 0.2) is 24.3 Å². The number of hydrogen-bond donors (Lipinski definition) is 0.